The largest absolute Gasteiger partial charge is 0.234 e. The Morgan fingerprint density at radius 2 is 2.27 bits per heavy atom. The molecule has 2 nitrogen and oxygen atoms in total. The maximum atomic E-state index is 10.1. The molecule has 4 unspecified atom stereocenters. The normalized spacial score (nSPS) is 46.5. The highest BCUT2D eigenvalue weighted by molar-refractivity contribution is 5.32. The highest BCUT2D eigenvalue weighted by atomic mass is 16.1. The van der Waals surface area contributed by atoms with Crippen molar-refractivity contribution in [2.24, 2.45) is 28.2 Å². The Balaban J connectivity index is 1.76. The Kier molecular flexibility index (Phi) is 2.21. The van der Waals surface area contributed by atoms with Gasteiger partial charge in [-0.25, -0.2) is 9.79 Å². The molecular weight excluding hydrogens is 186 g/mol. The van der Waals surface area contributed by atoms with Gasteiger partial charge in [0.2, 0.25) is 6.08 Å². The molecule has 2 bridgehead atoms. The first-order chi connectivity index (χ1) is 7.36. The van der Waals surface area contributed by atoms with Gasteiger partial charge in [0.25, 0.3) is 0 Å². The number of hydrogen-bond acceptors (Lipinski definition) is 2. The van der Waals surface area contributed by atoms with Gasteiger partial charge in [0.15, 0.2) is 0 Å². The van der Waals surface area contributed by atoms with Gasteiger partial charge < -0.3 is 0 Å². The van der Waals surface area contributed by atoms with Crippen LogP contribution in [0.4, 0.5) is 0 Å². The Hall–Kier alpha value is -0.620. The van der Waals surface area contributed by atoms with Crippen LogP contribution in [0.15, 0.2) is 4.99 Å². The molecule has 3 fully saturated rings. The molecule has 0 aliphatic heterocycles. The van der Waals surface area contributed by atoms with Crippen molar-refractivity contribution in [2.45, 2.75) is 44.9 Å². The predicted octanol–water partition coefficient (Wildman–Crippen LogP) is 2.93. The lowest BCUT2D eigenvalue weighted by Crippen LogP contribution is -2.28. The van der Waals surface area contributed by atoms with E-state index in [0.29, 0.717) is 5.41 Å². The summed E-state index contributed by atoms with van der Waals surface area (Å²) in [4.78, 5) is 13.9. The molecule has 3 saturated carbocycles. The summed E-state index contributed by atoms with van der Waals surface area (Å²) in [6.45, 7) is 0.722. The van der Waals surface area contributed by atoms with Crippen LogP contribution in [0, 0.1) is 23.2 Å². The topological polar surface area (TPSA) is 29.4 Å². The molecular formula is C13H19NO. The zero-order valence-electron chi connectivity index (χ0n) is 9.24. The summed E-state index contributed by atoms with van der Waals surface area (Å²) in [7, 11) is 0. The van der Waals surface area contributed by atoms with Crippen molar-refractivity contribution in [1.29, 1.82) is 0 Å². The van der Waals surface area contributed by atoms with Gasteiger partial charge in [-0.1, -0.05) is 6.42 Å². The lowest BCUT2D eigenvalue weighted by atomic mass is 9.70. The van der Waals surface area contributed by atoms with E-state index in [1.165, 1.54) is 38.5 Å². The van der Waals surface area contributed by atoms with Crippen molar-refractivity contribution in [3.8, 4) is 0 Å². The average molecular weight is 205 g/mol. The van der Waals surface area contributed by atoms with Gasteiger partial charge in [0, 0.05) is 0 Å². The molecule has 15 heavy (non-hydrogen) atoms. The van der Waals surface area contributed by atoms with Gasteiger partial charge in [0.05, 0.1) is 6.54 Å². The lowest BCUT2D eigenvalue weighted by molar-refractivity contribution is 0.144. The van der Waals surface area contributed by atoms with Crippen LogP contribution in [-0.4, -0.2) is 12.6 Å². The van der Waals surface area contributed by atoms with Crippen LogP contribution < -0.4 is 0 Å². The second-order valence-electron chi connectivity index (χ2n) is 5.79. The van der Waals surface area contributed by atoms with Crippen LogP contribution in [0.1, 0.15) is 44.9 Å². The Morgan fingerprint density at radius 3 is 3.13 bits per heavy atom. The van der Waals surface area contributed by atoms with E-state index in [1.54, 1.807) is 6.08 Å². The Bertz CT molecular complexity index is 308. The highest BCUT2D eigenvalue weighted by Crippen LogP contribution is 2.66. The molecule has 0 radical (unpaired) electrons. The van der Waals surface area contributed by atoms with Gasteiger partial charge >= 0.3 is 0 Å². The van der Waals surface area contributed by atoms with E-state index in [2.05, 4.69) is 4.99 Å². The van der Waals surface area contributed by atoms with Crippen molar-refractivity contribution in [2.75, 3.05) is 6.54 Å². The molecule has 3 aliphatic rings. The zero-order chi connectivity index (χ0) is 10.3. The minimum absolute atomic E-state index is 0.589. The van der Waals surface area contributed by atoms with Crippen molar-refractivity contribution < 1.29 is 4.79 Å². The number of nitrogens with zero attached hydrogens (tertiary/aromatic N) is 1. The summed E-state index contributed by atoms with van der Waals surface area (Å²) in [5.41, 5.74) is 0.589. The van der Waals surface area contributed by atoms with Gasteiger partial charge in [-0.15, -0.1) is 0 Å². The molecule has 0 spiro atoms. The summed E-state index contributed by atoms with van der Waals surface area (Å²) in [6, 6.07) is 0. The van der Waals surface area contributed by atoms with Crippen LogP contribution in [0.25, 0.3) is 0 Å². The fraction of sp³-hybridized carbons (Fsp3) is 0.923. The molecule has 0 heterocycles. The third-order valence-corrected chi connectivity index (χ3v) is 5.43. The van der Waals surface area contributed by atoms with Crippen LogP contribution in [0.2, 0.25) is 0 Å². The second-order valence-corrected chi connectivity index (χ2v) is 5.79. The summed E-state index contributed by atoms with van der Waals surface area (Å²) in [5, 5.41) is 0. The molecule has 0 saturated heterocycles. The molecule has 0 amide bonds. The maximum absolute atomic E-state index is 10.1. The molecule has 3 aliphatic carbocycles. The van der Waals surface area contributed by atoms with Crippen molar-refractivity contribution >= 4 is 6.08 Å². The molecule has 3 rings (SSSR count). The van der Waals surface area contributed by atoms with E-state index in [-0.39, 0.29) is 0 Å². The van der Waals surface area contributed by atoms with Gasteiger partial charge in [0.1, 0.15) is 0 Å². The molecule has 82 valence electrons. The van der Waals surface area contributed by atoms with Crippen LogP contribution in [-0.2, 0) is 4.79 Å². The fourth-order valence-corrected chi connectivity index (χ4v) is 4.95. The molecule has 0 aromatic rings. The second kappa shape index (κ2) is 3.45. The number of rotatable bonds is 3. The molecule has 0 aromatic carbocycles. The number of carbonyl (C=O) groups excluding carboxylic acids is 1. The fourth-order valence-electron chi connectivity index (χ4n) is 4.95. The zero-order valence-corrected chi connectivity index (χ0v) is 9.24. The van der Waals surface area contributed by atoms with Crippen LogP contribution in [0.3, 0.4) is 0 Å². The van der Waals surface area contributed by atoms with E-state index >= 15 is 0 Å². The summed E-state index contributed by atoms with van der Waals surface area (Å²) in [5.74, 6) is 3.05. The summed E-state index contributed by atoms with van der Waals surface area (Å²) < 4.78 is 0. The first kappa shape index (κ1) is 9.59. The first-order valence-electron chi connectivity index (χ1n) is 6.39. The SMILES string of the molecule is O=C=NCCC12CCC(C1)C1CCCC12. The monoisotopic (exact) mass is 205 g/mol. The van der Waals surface area contributed by atoms with Gasteiger partial charge in [-0.3, -0.25) is 0 Å². The standard InChI is InChI=1S/C13H19NO/c15-9-14-7-6-13-5-4-10(8-13)11-2-1-3-12(11)13/h10-12H,1-8H2. The van der Waals surface area contributed by atoms with E-state index in [9.17, 15) is 4.79 Å². The van der Waals surface area contributed by atoms with E-state index in [1.807, 2.05) is 0 Å². The van der Waals surface area contributed by atoms with Gasteiger partial charge in [-0.05, 0) is 61.7 Å². The van der Waals surface area contributed by atoms with Crippen LogP contribution in [0.5, 0.6) is 0 Å². The third kappa shape index (κ3) is 1.31. The van der Waals surface area contributed by atoms with E-state index < -0.39 is 0 Å². The van der Waals surface area contributed by atoms with Crippen molar-refractivity contribution in [1.82, 2.24) is 0 Å². The maximum Gasteiger partial charge on any atom is 0.234 e. The predicted molar refractivity (Wildman–Crippen MR) is 58.2 cm³/mol. The van der Waals surface area contributed by atoms with Crippen LogP contribution >= 0.6 is 0 Å². The molecule has 2 heteroatoms. The highest BCUT2D eigenvalue weighted by Gasteiger charge is 2.57. The summed E-state index contributed by atoms with van der Waals surface area (Å²) >= 11 is 0. The minimum Gasteiger partial charge on any atom is -0.211 e. The molecule has 0 N–H and O–H groups in total. The van der Waals surface area contributed by atoms with Crippen molar-refractivity contribution in [3.05, 3.63) is 0 Å². The number of isocyanates is 1. The van der Waals surface area contributed by atoms with Gasteiger partial charge in [-0.2, -0.15) is 0 Å². The minimum atomic E-state index is 0.589. The number of aliphatic imine (C=N–C) groups is 1. The lowest BCUT2D eigenvalue weighted by Gasteiger charge is -2.35. The quantitative estimate of drug-likeness (QED) is 0.514. The molecule has 0 aromatic heterocycles. The summed E-state index contributed by atoms with van der Waals surface area (Å²) in [6.07, 6.45) is 11.5. The molecule has 4 atom stereocenters. The Labute approximate surface area is 91.2 Å². The van der Waals surface area contributed by atoms with Crippen molar-refractivity contribution in [3.63, 3.8) is 0 Å². The van der Waals surface area contributed by atoms with E-state index in [0.717, 1.165) is 30.7 Å². The smallest absolute Gasteiger partial charge is 0.211 e. The average Bonchev–Trinajstić information content (AvgIpc) is 2.89. The number of fused-ring (bicyclic) bond motifs is 5. The first-order valence-corrected chi connectivity index (χ1v) is 6.39. The number of hydrogen-bond donors (Lipinski definition) is 0. The Morgan fingerprint density at radius 1 is 1.33 bits per heavy atom. The van der Waals surface area contributed by atoms with E-state index in [4.69, 9.17) is 0 Å². The third-order valence-electron chi connectivity index (χ3n) is 5.43.